The maximum absolute atomic E-state index is 12.7. The minimum atomic E-state index is -0.226. The Morgan fingerprint density at radius 3 is 2.54 bits per heavy atom. The minimum absolute atomic E-state index is 0.226. The van der Waals surface area contributed by atoms with Crippen molar-refractivity contribution in [3.63, 3.8) is 0 Å². The molecule has 3 rings (SSSR count). The number of hydrogen-bond acceptors (Lipinski definition) is 3. The summed E-state index contributed by atoms with van der Waals surface area (Å²) in [5.41, 5.74) is 2.35. The summed E-state index contributed by atoms with van der Waals surface area (Å²) >= 11 is 0. The van der Waals surface area contributed by atoms with Crippen molar-refractivity contribution in [2.24, 2.45) is 0 Å². The molecule has 4 heteroatoms. The second-order valence-corrected chi connectivity index (χ2v) is 6.16. The van der Waals surface area contributed by atoms with Gasteiger partial charge in [-0.3, -0.25) is 4.79 Å². The van der Waals surface area contributed by atoms with E-state index >= 15 is 0 Å². The van der Waals surface area contributed by atoms with Gasteiger partial charge in [0.05, 0.1) is 12.2 Å². The molecule has 0 heterocycles. The average molecular weight is 373 g/mol. The first-order valence-electron chi connectivity index (χ1n) is 9.17. The molecule has 1 N–H and O–H groups in total. The van der Waals surface area contributed by atoms with Gasteiger partial charge in [0.15, 0.2) is 0 Å². The largest absolute Gasteiger partial charge is 0.492 e. The molecule has 0 aliphatic rings. The number of anilines is 1. The number of carbonyl (C=O) groups is 1. The monoisotopic (exact) mass is 373 g/mol. The number of carbonyl (C=O) groups excluding carboxylic acids is 1. The Hall–Kier alpha value is -3.53. The standard InChI is InChI=1S/C24H23NO3/c1-2-16-27-21-12-8-11-20(18-21)25-24(26)22-13-6-7-14-23(22)28-17-15-19-9-4-3-5-10-19/h2-14,18H,1,15-17H2,(H,25,26). The normalized spacial score (nSPS) is 10.1. The van der Waals surface area contributed by atoms with E-state index in [0.29, 0.717) is 36.0 Å². The highest BCUT2D eigenvalue weighted by Crippen LogP contribution is 2.22. The fourth-order valence-corrected chi connectivity index (χ4v) is 2.72. The van der Waals surface area contributed by atoms with E-state index in [-0.39, 0.29) is 5.91 Å². The number of rotatable bonds is 9. The Kier molecular flexibility index (Phi) is 6.85. The van der Waals surface area contributed by atoms with Crippen molar-refractivity contribution in [3.05, 3.63) is 103 Å². The molecule has 1 amide bonds. The zero-order valence-corrected chi connectivity index (χ0v) is 15.6. The average Bonchev–Trinajstić information content (AvgIpc) is 2.73. The third-order valence-electron chi connectivity index (χ3n) is 4.08. The second-order valence-electron chi connectivity index (χ2n) is 6.16. The molecular weight excluding hydrogens is 350 g/mol. The summed E-state index contributed by atoms with van der Waals surface area (Å²) in [6.07, 6.45) is 2.45. The first-order chi connectivity index (χ1) is 13.8. The predicted molar refractivity (Wildman–Crippen MR) is 112 cm³/mol. The third-order valence-corrected chi connectivity index (χ3v) is 4.08. The predicted octanol–water partition coefficient (Wildman–Crippen LogP) is 5.13. The fraction of sp³-hybridized carbons (Fsp3) is 0.125. The number of para-hydroxylation sites is 1. The molecule has 3 aromatic carbocycles. The van der Waals surface area contributed by atoms with Gasteiger partial charge in [0, 0.05) is 18.2 Å². The molecule has 0 radical (unpaired) electrons. The molecule has 4 nitrogen and oxygen atoms in total. The lowest BCUT2D eigenvalue weighted by molar-refractivity contribution is 0.102. The summed E-state index contributed by atoms with van der Waals surface area (Å²) in [5.74, 6) is 1.01. The van der Waals surface area contributed by atoms with Crippen molar-refractivity contribution in [3.8, 4) is 11.5 Å². The van der Waals surface area contributed by atoms with E-state index in [1.807, 2.05) is 54.6 Å². The van der Waals surface area contributed by atoms with Crippen LogP contribution in [-0.4, -0.2) is 19.1 Å². The van der Waals surface area contributed by atoms with Crippen LogP contribution in [0.1, 0.15) is 15.9 Å². The van der Waals surface area contributed by atoms with Crippen molar-refractivity contribution in [2.45, 2.75) is 6.42 Å². The molecule has 0 atom stereocenters. The lowest BCUT2D eigenvalue weighted by atomic mass is 10.1. The van der Waals surface area contributed by atoms with E-state index in [4.69, 9.17) is 9.47 Å². The van der Waals surface area contributed by atoms with E-state index in [0.717, 1.165) is 6.42 Å². The summed E-state index contributed by atoms with van der Waals surface area (Å²) in [4.78, 5) is 12.7. The molecule has 142 valence electrons. The Morgan fingerprint density at radius 1 is 0.929 bits per heavy atom. The summed E-state index contributed by atoms with van der Waals surface area (Å²) in [6, 6.07) is 24.6. The highest BCUT2D eigenvalue weighted by atomic mass is 16.5. The first kappa shape index (κ1) is 19.2. The van der Waals surface area contributed by atoms with Crippen LogP contribution in [0.25, 0.3) is 0 Å². The topological polar surface area (TPSA) is 47.6 Å². The van der Waals surface area contributed by atoms with Crippen LogP contribution in [0, 0.1) is 0 Å². The smallest absolute Gasteiger partial charge is 0.259 e. The van der Waals surface area contributed by atoms with Crippen LogP contribution < -0.4 is 14.8 Å². The number of benzene rings is 3. The molecule has 0 fully saturated rings. The molecule has 0 bridgehead atoms. The van der Waals surface area contributed by atoms with Crippen molar-refractivity contribution in [2.75, 3.05) is 18.5 Å². The SMILES string of the molecule is C=CCOc1cccc(NC(=O)c2ccccc2OCCc2ccccc2)c1. The Labute approximate surface area is 165 Å². The molecule has 0 aliphatic carbocycles. The number of hydrogen-bond donors (Lipinski definition) is 1. The number of amides is 1. The van der Waals surface area contributed by atoms with E-state index in [2.05, 4.69) is 24.0 Å². The van der Waals surface area contributed by atoms with Gasteiger partial charge in [0.25, 0.3) is 5.91 Å². The van der Waals surface area contributed by atoms with Crippen LogP contribution in [0.4, 0.5) is 5.69 Å². The van der Waals surface area contributed by atoms with Gasteiger partial charge in [-0.05, 0) is 29.8 Å². The molecule has 0 unspecified atom stereocenters. The van der Waals surface area contributed by atoms with Gasteiger partial charge in [-0.2, -0.15) is 0 Å². The van der Waals surface area contributed by atoms with Gasteiger partial charge < -0.3 is 14.8 Å². The van der Waals surface area contributed by atoms with Crippen molar-refractivity contribution in [1.82, 2.24) is 0 Å². The summed E-state index contributed by atoms with van der Waals surface area (Å²) in [6.45, 7) is 4.54. The Balaban J connectivity index is 1.64. The molecule has 0 aliphatic heterocycles. The van der Waals surface area contributed by atoms with Crippen LogP contribution in [0.15, 0.2) is 91.5 Å². The molecule has 0 aromatic heterocycles. The Bertz CT molecular complexity index is 922. The molecule has 0 spiro atoms. The third kappa shape index (κ3) is 5.48. The highest BCUT2D eigenvalue weighted by Gasteiger charge is 2.12. The van der Waals surface area contributed by atoms with Gasteiger partial charge in [0.1, 0.15) is 18.1 Å². The maximum atomic E-state index is 12.7. The van der Waals surface area contributed by atoms with Crippen LogP contribution >= 0.6 is 0 Å². The van der Waals surface area contributed by atoms with E-state index in [9.17, 15) is 4.79 Å². The van der Waals surface area contributed by atoms with E-state index in [1.165, 1.54) is 5.56 Å². The van der Waals surface area contributed by atoms with Gasteiger partial charge >= 0.3 is 0 Å². The molecule has 0 saturated heterocycles. The summed E-state index contributed by atoms with van der Waals surface area (Å²) < 4.78 is 11.4. The zero-order valence-electron chi connectivity index (χ0n) is 15.6. The first-order valence-corrected chi connectivity index (χ1v) is 9.17. The lowest BCUT2D eigenvalue weighted by Gasteiger charge is -2.12. The molecular formula is C24H23NO3. The molecule has 0 saturated carbocycles. The number of nitrogens with one attached hydrogen (secondary N) is 1. The van der Waals surface area contributed by atoms with Crippen LogP contribution in [0.5, 0.6) is 11.5 Å². The minimum Gasteiger partial charge on any atom is -0.492 e. The summed E-state index contributed by atoms with van der Waals surface area (Å²) in [5, 5.41) is 2.90. The quantitative estimate of drug-likeness (QED) is 0.529. The van der Waals surface area contributed by atoms with Crippen LogP contribution in [0.3, 0.4) is 0 Å². The van der Waals surface area contributed by atoms with Crippen LogP contribution in [-0.2, 0) is 6.42 Å². The van der Waals surface area contributed by atoms with E-state index < -0.39 is 0 Å². The highest BCUT2D eigenvalue weighted by molar-refractivity contribution is 6.06. The zero-order chi connectivity index (χ0) is 19.6. The van der Waals surface area contributed by atoms with Gasteiger partial charge in [-0.15, -0.1) is 0 Å². The van der Waals surface area contributed by atoms with Crippen molar-refractivity contribution >= 4 is 11.6 Å². The van der Waals surface area contributed by atoms with Gasteiger partial charge in [-0.25, -0.2) is 0 Å². The van der Waals surface area contributed by atoms with Crippen molar-refractivity contribution in [1.29, 1.82) is 0 Å². The van der Waals surface area contributed by atoms with Gasteiger partial charge in [0.2, 0.25) is 0 Å². The fourth-order valence-electron chi connectivity index (χ4n) is 2.72. The maximum Gasteiger partial charge on any atom is 0.259 e. The molecule has 28 heavy (non-hydrogen) atoms. The van der Waals surface area contributed by atoms with Crippen LogP contribution in [0.2, 0.25) is 0 Å². The summed E-state index contributed by atoms with van der Waals surface area (Å²) in [7, 11) is 0. The number of ether oxygens (including phenoxy) is 2. The second kappa shape index (κ2) is 9.97. The van der Waals surface area contributed by atoms with Gasteiger partial charge in [-0.1, -0.05) is 61.2 Å². The lowest BCUT2D eigenvalue weighted by Crippen LogP contribution is -2.14. The molecule has 3 aromatic rings. The van der Waals surface area contributed by atoms with Crippen molar-refractivity contribution < 1.29 is 14.3 Å². The van der Waals surface area contributed by atoms with E-state index in [1.54, 1.807) is 18.2 Å². The Morgan fingerprint density at radius 2 is 1.71 bits per heavy atom.